The third kappa shape index (κ3) is 4.92. The van der Waals surface area contributed by atoms with Crippen LogP contribution in [0.5, 0.6) is 0 Å². The van der Waals surface area contributed by atoms with Crippen molar-refractivity contribution in [3.63, 3.8) is 0 Å². The van der Waals surface area contributed by atoms with Crippen LogP contribution in [-0.2, 0) is 0 Å². The largest absolute Gasteiger partial charge is 0.103 e. The summed E-state index contributed by atoms with van der Waals surface area (Å²) in [6.45, 7) is 4.01. The molecule has 0 aromatic carbocycles. The van der Waals surface area contributed by atoms with Crippen LogP contribution >= 0.6 is 0 Å². The lowest BCUT2D eigenvalue weighted by molar-refractivity contribution is 0.107. The summed E-state index contributed by atoms with van der Waals surface area (Å²) in [7, 11) is 0. The Kier molecular flexibility index (Phi) is 6.25. The van der Waals surface area contributed by atoms with Gasteiger partial charge in [-0.1, -0.05) is 44.6 Å². The van der Waals surface area contributed by atoms with Gasteiger partial charge in [0.15, 0.2) is 0 Å². The van der Waals surface area contributed by atoms with Gasteiger partial charge in [-0.05, 0) is 106 Å². The van der Waals surface area contributed by atoms with Crippen molar-refractivity contribution in [2.75, 3.05) is 0 Å². The summed E-state index contributed by atoms with van der Waals surface area (Å²) in [5.74, 6) is 7.44. The molecule has 142 valence electrons. The molecule has 0 N–H and O–H groups in total. The van der Waals surface area contributed by atoms with Crippen molar-refractivity contribution in [3.8, 4) is 0 Å². The maximum Gasteiger partial charge on any atom is -0.0236 e. The third-order valence-corrected chi connectivity index (χ3v) is 8.87. The molecule has 0 spiro atoms. The summed E-state index contributed by atoms with van der Waals surface area (Å²) in [4.78, 5) is 0. The Balaban J connectivity index is 1.15. The third-order valence-electron chi connectivity index (χ3n) is 8.87. The number of hydrogen-bond acceptors (Lipinski definition) is 0. The smallest absolute Gasteiger partial charge is 0.0236 e. The highest BCUT2D eigenvalue weighted by Gasteiger charge is 2.34. The van der Waals surface area contributed by atoms with Crippen molar-refractivity contribution in [2.45, 2.75) is 103 Å². The number of allylic oxidation sites excluding steroid dienone is 1. The van der Waals surface area contributed by atoms with Crippen molar-refractivity contribution in [1.82, 2.24) is 0 Å². The predicted molar refractivity (Wildman–Crippen MR) is 108 cm³/mol. The molecule has 4 aliphatic carbocycles. The Morgan fingerprint density at radius 2 is 0.800 bits per heavy atom. The van der Waals surface area contributed by atoms with Crippen LogP contribution in [0.4, 0.5) is 0 Å². The zero-order chi connectivity index (χ0) is 17.1. The second kappa shape index (κ2) is 8.62. The molecule has 0 atom stereocenters. The van der Waals surface area contributed by atoms with E-state index in [0.717, 1.165) is 41.4 Å². The van der Waals surface area contributed by atoms with E-state index in [1.165, 1.54) is 25.7 Å². The first-order valence-corrected chi connectivity index (χ1v) is 11.9. The highest BCUT2D eigenvalue weighted by molar-refractivity contribution is 4.89. The molecule has 0 radical (unpaired) electrons. The number of rotatable bonds is 6. The van der Waals surface area contributed by atoms with E-state index in [1.807, 2.05) is 0 Å². The van der Waals surface area contributed by atoms with Crippen LogP contribution in [0.3, 0.4) is 0 Å². The first-order chi connectivity index (χ1) is 12.3. The van der Waals surface area contributed by atoms with Gasteiger partial charge in [-0.3, -0.25) is 0 Å². The minimum atomic E-state index is 0.836. The fourth-order valence-corrected chi connectivity index (χ4v) is 6.77. The Morgan fingerprint density at radius 3 is 1.16 bits per heavy atom. The summed E-state index contributed by atoms with van der Waals surface area (Å²) >= 11 is 0. The normalized spacial score (nSPS) is 42.9. The van der Waals surface area contributed by atoms with Crippen molar-refractivity contribution in [3.05, 3.63) is 12.7 Å². The zero-order valence-corrected chi connectivity index (χ0v) is 16.6. The summed E-state index contributed by atoms with van der Waals surface area (Å²) in [5.41, 5.74) is 0. The molecule has 0 aromatic heterocycles. The van der Waals surface area contributed by atoms with E-state index in [9.17, 15) is 0 Å². The van der Waals surface area contributed by atoms with Crippen LogP contribution in [0.1, 0.15) is 103 Å². The minimum Gasteiger partial charge on any atom is -0.103 e. The van der Waals surface area contributed by atoms with Gasteiger partial charge in [-0.2, -0.15) is 0 Å². The SMILES string of the molecule is C=CC1CCC(C2CCC(C3CCC(CCC4CC4)CC3)CC2)CC1. The van der Waals surface area contributed by atoms with Gasteiger partial charge >= 0.3 is 0 Å². The molecule has 4 aliphatic rings. The molecular weight excluding hydrogens is 300 g/mol. The maximum atomic E-state index is 4.01. The van der Waals surface area contributed by atoms with E-state index in [4.69, 9.17) is 0 Å². The van der Waals surface area contributed by atoms with Crippen LogP contribution in [0.25, 0.3) is 0 Å². The molecule has 0 bridgehead atoms. The van der Waals surface area contributed by atoms with Crippen molar-refractivity contribution in [2.24, 2.45) is 41.4 Å². The van der Waals surface area contributed by atoms with Gasteiger partial charge in [0.25, 0.3) is 0 Å². The Bertz CT molecular complexity index is 396. The zero-order valence-electron chi connectivity index (χ0n) is 16.6. The molecule has 0 amide bonds. The van der Waals surface area contributed by atoms with Crippen LogP contribution in [0.2, 0.25) is 0 Å². The van der Waals surface area contributed by atoms with Gasteiger partial charge in [0, 0.05) is 0 Å². The van der Waals surface area contributed by atoms with Crippen LogP contribution in [-0.4, -0.2) is 0 Å². The molecule has 0 saturated heterocycles. The maximum absolute atomic E-state index is 4.01. The van der Waals surface area contributed by atoms with Gasteiger partial charge in [0.1, 0.15) is 0 Å². The van der Waals surface area contributed by atoms with Crippen LogP contribution in [0, 0.1) is 41.4 Å². The lowest BCUT2D eigenvalue weighted by atomic mass is 9.65. The summed E-state index contributed by atoms with van der Waals surface area (Å²) < 4.78 is 0. The quantitative estimate of drug-likeness (QED) is 0.432. The van der Waals surface area contributed by atoms with Crippen LogP contribution in [0.15, 0.2) is 12.7 Å². The van der Waals surface area contributed by atoms with Gasteiger partial charge in [0.05, 0.1) is 0 Å². The standard InChI is InChI=1S/C25H42/c1-2-19-7-11-22(12-8-19)24-15-17-25(18-16-24)23-13-9-21(10-14-23)6-5-20-3-4-20/h2,19-25H,1,3-18H2. The first kappa shape index (κ1) is 18.1. The van der Waals surface area contributed by atoms with Crippen molar-refractivity contribution in [1.29, 1.82) is 0 Å². The second-order valence-corrected chi connectivity index (χ2v) is 10.4. The Labute approximate surface area is 157 Å². The fraction of sp³-hybridized carbons (Fsp3) is 0.920. The van der Waals surface area contributed by atoms with E-state index in [0.29, 0.717) is 0 Å². The lowest BCUT2D eigenvalue weighted by Gasteiger charge is -2.41. The molecular formula is C25H42. The van der Waals surface area contributed by atoms with Crippen LogP contribution < -0.4 is 0 Å². The highest BCUT2D eigenvalue weighted by Crippen LogP contribution is 2.46. The summed E-state index contributed by atoms with van der Waals surface area (Å²) in [6.07, 6.45) is 26.9. The highest BCUT2D eigenvalue weighted by atomic mass is 14.4. The predicted octanol–water partition coefficient (Wildman–Crippen LogP) is 7.78. The Hall–Kier alpha value is -0.260. The topological polar surface area (TPSA) is 0 Å². The Morgan fingerprint density at radius 1 is 0.480 bits per heavy atom. The van der Waals surface area contributed by atoms with Crippen molar-refractivity contribution >= 4 is 0 Å². The monoisotopic (exact) mass is 342 g/mol. The van der Waals surface area contributed by atoms with E-state index in [-0.39, 0.29) is 0 Å². The first-order valence-electron chi connectivity index (χ1n) is 11.9. The molecule has 0 heterocycles. The average Bonchev–Trinajstić information content (AvgIpc) is 3.52. The molecule has 0 aromatic rings. The fourth-order valence-electron chi connectivity index (χ4n) is 6.77. The molecule has 0 aliphatic heterocycles. The van der Waals surface area contributed by atoms with E-state index >= 15 is 0 Å². The van der Waals surface area contributed by atoms with Gasteiger partial charge < -0.3 is 0 Å². The van der Waals surface area contributed by atoms with Crippen molar-refractivity contribution < 1.29 is 0 Å². The molecule has 0 unspecified atom stereocenters. The molecule has 0 nitrogen and oxygen atoms in total. The van der Waals surface area contributed by atoms with Gasteiger partial charge in [-0.15, -0.1) is 6.58 Å². The van der Waals surface area contributed by atoms with Gasteiger partial charge in [0.2, 0.25) is 0 Å². The molecule has 4 saturated carbocycles. The van der Waals surface area contributed by atoms with E-state index in [1.54, 1.807) is 77.0 Å². The average molecular weight is 343 g/mol. The van der Waals surface area contributed by atoms with E-state index in [2.05, 4.69) is 12.7 Å². The summed E-state index contributed by atoms with van der Waals surface area (Å²) in [6, 6.07) is 0. The second-order valence-electron chi connectivity index (χ2n) is 10.4. The molecule has 4 rings (SSSR count). The lowest BCUT2D eigenvalue weighted by Crippen LogP contribution is -2.29. The number of hydrogen-bond donors (Lipinski definition) is 0. The molecule has 4 fully saturated rings. The van der Waals surface area contributed by atoms with Gasteiger partial charge in [-0.25, -0.2) is 0 Å². The molecule has 25 heavy (non-hydrogen) atoms. The van der Waals surface area contributed by atoms with E-state index < -0.39 is 0 Å². The molecule has 0 heteroatoms. The summed E-state index contributed by atoms with van der Waals surface area (Å²) in [5, 5.41) is 0. The minimum absolute atomic E-state index is 0.836.